The van der Waals surface area contributed by atoms with Crippen LogP contribution < -0.4 is 9.47 Å². The molecule has 2 heterocycles. The summed E-state index contributed by atoms with van der Waals surface area (Å²) in [6.07, 6.45) is 0.320. The van der Waals surface area contributed by atoms with Crippen LogP contribution in [0.1, 0.15) is 17.0 Å². The second kappa shape index (κ2) is 4.44. The van der Waals surface area contributed by atoms with E-state index in [-0.39, 0.29) is 0 Å². The third kappa shape index (κ3) is 1.76. The molecule has 1 aromatic carbocycles. The van der Waals surface area contributed by atoms with Crippen LogP contribution in [0.25, 0.3) is 0 Å². The largest absolute Gasteiger partial charge is 0.493 e. The van der Waals surface area contributed by atoms with Gasteiger partial charge in [0.15, 0.2) is 11.5 Å². The van der Waals surface area contributed by atoms with Gasteiger partial charge in [-0.3, -0.25) is 0 Å². The molecule has 0 saturated carbocycles. The molecule has 1 saturated heterocycles. The van der Waals surface area contributed by atoms with E-state index in [2.05, 4.69) is 18.0 Å². The highest BCUT2D eigenvalue weighted by Crippen LogP contribution is 2.41. The highest BCUT2D eigenvalue weighted by Gasteiger charge is 2.37. The number of rotatable bonds is 2. The topological polar surface area (TPSA) is 30.9 Å². The van der Waals surface area contributed by atoms with Gasteiger partial charge in [0.1, 0.15) is 0 Å². The maximum absolute atomic E-state index is 5.93. The minimum absolute atomic E-state index is 0.320. The van der Waals surface area contributed by atoms with Crippen LogP contribution in [-0.4, -0.2) is 45.4 Å². The number of hydrogen-bond acceptors (Lipinski definition) is 4. The van der Waals surface area contributed by atoms with Gasteiger partial charge in [-0.25, -0.2) is 0 Å². The Morgan fingerprint density at radius 2 is 1.89 bits per heavy atom. The van der Waals surface area contributed by atoms with Gasteiger partial charge < -0.3 is 19.1 Å². The molecule has 0 aliphatic carbocycles. The Hall–Kier alpha value is -1.26. The van der Waals surface area contributed by atoms with E-state index in [0.717, 1.165) is 24.6 Å². The smallest absolute Gasteiger partial charge is 0.161 e. The summed E-state index contributed by atoms with van der Waals surface area (Å²) in [5.41, 5.74) is 2.58. The molecule has 4 nitrogen and oxygen atoms in total. The van der Waals surface area contributed by atoms with Crippen molar-refractivity contribution < 1.29 is 14.2 Å². The van der Waals surface area contributed by atoms with Crippen molar-refractivity contribution in [3.8, 4) is 11.5 Å². The van der Waals surface area contributed by atoms with Crippen molar-refractivity contribution in [2.45, 2.75) is 18.6 Å². The van der Waals surface area contributed by atoms with Gasteiger partial charge in [0, 0.05) is 19.0 Å². The second-order valence-electron chi connectivity index (χ2n) is 5.08. The molecule has 98 valence electrons. The number of methoxy groups -OCH3 is 2. The van der Waals surface area contributed by atoms with Crippen molar-refractivity contribution in [2.75, 3.05) is 34.4 Å². The van der Waals surface area contributed by atoms with E-state index in [0.29, 0.717) is 18.6 Å². The highest BCUT2D eigenvalue weighted by molar-refractivity contribution is 5.49. The van der Waals surface area contributed by atoms with Gasteiger partial charge in [0.05, 0.1) is 26.9 Å². The van der Waals surface area contributed by atoms with E-state index in [4.69, 9.17) is 14.2 Å². The van der Waals surface area contributed by atoms with Crippen LogP contribution >= 0.6 is 0 Å². The van der Waals surface area contributed by atoms with Crippen LogP contribution in [0.3, 0.4) is 0 Å². The maximum Gasteiger partial charge on any atom is 0.161 e. The molecular formula is C14H19NO3. The summed E-state index contributed by atoms with van der Waals surface area (Å²) < 4.78 is 16.7. The maximum atomic E-state index is 5.93. The molecule has 0 amide bonds. The molecule has 2 atom stereocenters. The van der Waals surface area contributed by atoms with Crippen molar-refractivity contribution in [3.63, 3.8) is 0 Å². The molecule has 1 fully saturated rings. The molecule has 2 aliphatic rings. The summed E-state index contributed by atoms with van der Waals surface area (Å²) in [6.45, 7) is 2.73. The Bertz CT molecular complexity index is 461. The van der Waals surface area contributed by atoms with Gasteiger partial charge in [0.2, 0.25) is 0 Å². The fourth-order valence-corrected chi connectivity index (χ4v) is 3.03. The first kappa shape index (κ1) is 11.8. The predicted molar refractivity (Wildman–Crippen MR) is 68.4 cm³/mol. The zero-order valence-electron chi connectivity index (χ0n) is 11.1. The number of likely N-dealkylation sites (N-methyl/N-ethyl adjacent to an activating group) is 1. The van der Waals surface area contributed by atoms with Crippen LogP contribution in [0.2, 0.25) is 0 Å². The van der Waals surface area contributed by atoms with E-state index in [1.165, 1.54) is 11.1 Å². The second-order valence-corrected chi connectivity index (χ2v) is 5.08. The normalized spacial score (nSPS) is 26.6. The minimum atomic E-state index is 0.320. The number of ether oxygens (including phenoxy) is 3. The van der Waals surface area contributed by atoms with E-state index in [1.807, 2.05) is 6.07 Å². The molecule has 0 radical (unpaired) electrons. The lowest BCUT2D eigenvalue weighted by Gasteiger charge is -2.28. The Morgan fingerprint density at radius 3 is 2.61 bits per heavy atom. The van der Waals surface area contributed by atoms with Crippen LogP contribution in [0.15, 0.2) is 12.1 Å². The number of fused-ring (bicyclic) bond motifs is 3. The minimum Gasteiger partial charge on any atom is -0.493 e. The van der Waals surface area contributed by atoms with Crippen molar-refractivity contribution in [2.24, 2.45) is 0 Å². The van der Waals surface area contributed by atoms with Crippen LogP contribution in [0.4, 0.5) is 0 Å². The zero-order valence-corrected chi connectivity index (χ0v) is 11.1. The molecule has 18 heavy (non-hydrogen) atoms. The van der Waals surface area contributed by atoms with Crippen molar-refractivity contribution >= 4 is 0 Å². The van der Waals surface area contributed by atoms with Gasteiger partial charge >= 0.3 is 0 Å². The third-order valence-electron chi connectivity index (χ3n) is 3.95. The number of likely N-dealkylation sites (tertiary alicyclic amines) is 1. The molecule has 2 unspecified atom stereocenters. The van der Waals surface area contributed by atoms with Crippen molar-refractivity contribution in [1.82, 2.24) is 4.90 Å². The van der Waals surface area contributed by atoms with E-state index in [1.54, 1.807) is 14.2 Å². The summed E-state index contributed by atoms with van der Waals surface area (Å²) in [6, 6.07) is 4.16. The monoisotopic (exact) mass is 249 g/mol. The molecule has 4 heteroatoms. The number of nitrogens with zero attached hydrogens (tertiary/aromatic N) is 1. The Balaban J connectivity index is 2.03. The molecule has 0 aromatic heterocycles. The third-order valence-corrected chi connectivity index (χ3v) is 3.95. The molecule has 0 bridgehead atoms. The van der Waals surface area contributed by atoms with Gasteiger partial charge in [-0.1, -0.05) is 0 Å². The van der Waals surface area contributed by atoms with Gasteiger partial charge in [0.25, 0.3) is 0 Å². The lowest BCUT2D eigenvalue weighted by molar-refractivity contribution is 0.0260. The molecule has 1 aromatic rings. The highest BCUT2D eigenvalue weighted by atomic mass is 16.5. The predicted octanol–water partition coefficient (Wildman–Crippen LogP) is 1.63. The average molecular weight is 249 g/mol. The van der Waals surface area contributed by atoms with Crippen LogP contribution in [-0.2, 0) is 11.3 Å². The summed E-state index contributed by atoms with van der Waals surface area (Å²) in [5.74, 6) is 2.05. The SMILES string of the molecule is COc1cc2c(cc1OC)C1CN(C)CC1OC2. The van der Waals surface area contributed by atoms with Crippen molar-refractivity contribution in [1.29, 1.82) is 0 Å². The lowest BCUT2D eigenvalue weighted by Crippen LogP contribution is -2.26. The standard InChI is InChI=1S/C14H19NO3/c1-15-6-11-10-5-13(17-3)12(16-2)4-9(10)8-18-14(11)7-15/h4-5,11,14H,6-8H2,1-3H3. The van der Waals surface area contributed by atoms with Gasteiger partial charge in [-0.2, -0.15) is 0 Å². The molecule has 0 spiro atoms. The van der Waals surface area contributed by atoms with E-state index < -0.39 is 0 Å². The summed E-state index contributed by atoms with van der Waals surface area (Å²) in [5, 5.41) is 0. The first-order valence-electron chi connectivity index (χ1n) is 6.28. The Morgan fingerprint density at radius 1 is 1.17 bits per heavy atom. The quantitative estimate of drug-likeness (QED) is 0.797. The zero-order chi connectivity index (χ0) is 12.7. The first-order chi connectivity index (χ1) is 8.72. The fraction of sp³-hybridized carbons (Fsp3) is 0.571. The first-order valence-corrected chi connectivity index (χ1v) is 6.28. The lowest BCUT2D eigenvalue weighted by atomic mass is 9.89. The summed E-state index contributed by atoms with van der Waals surface area (Å²) in [4.78, 5) is 2.32. The van der Waals surface area contributed by atoms with Crippen molar-refractivity contribution in [3.05, 3.63) is 23.3 Å². The average Bonchev–Trinajstić information content (AvgIpc) is 2.77. The van der Waals surface area contributed by atoms with Gasteiger partial charge in [-0.15, -0.1) is 0 Å². The Kier molecular flexibility index (Phi) is 2.92. The van der Waals surface area contributed by atoms with Crippen LogP contribution in [0, 0.1) is 0 Å². The van der Waals surface area contributed by atoms with Gasteiger partial charge in [-0.05, 0) is 30.3 Å². The summed E-state index contributed by atoms with van der Waals surface area (Å²) in [7, 11) is 5.49. The molecule has 0 N–H and O–H groups in total. The number of benzene rings is 1. The Labute approximate surface area is 107 Å². The molecule has 3 rings (SSSR count). The fourth-order valence-electron chi connectivity index (χ4n) is 3.03. The molecular weight excluding hydrogens is 230 g/mol. The number of hydrogen-bond donors (Lipinski definition) is 0. The van der Waals surface area contributed by atoms with Crippen LogP contribution in [0.5, 0.6) is 11.5 Å². The summed E-state index contributed by atoms with van der Waals surface area (Å²) >= 11 is 0. The van der Waals surface area contributed by atoms with E-state index in [9.17, 15) is 0 Å². The van der Waals surface area contributed by atoms with E-state index >= 15 is 0 Å². The molecule has 2 aliphatic heterocycles.